The number of rotatable bonds is 4. The second-order valence-electron chi connectivity index (χ2n) is 30.3. The van der Waals surface area contributed by atoms with Crippen LogP contribution in [-0.2, 0) is 37.9 Å². The molecule has 0 atom stereocenters. The number of thiophene rings is 1. The van der Waals surface area contributed by atoms with Crippen molar-refractivity contribution in [1.29, 1.82) is 0 Å². The summed E-state index contributed by atoms with van der Waals surface area (Å²) in [6.07, 6.45) is 4.73. The summed E-state index contributed by atoms with van der Waals surface area (Å²) in [6.45, 7) is 39.6. The van der Waals surface area contributed by atoms with Crippen molar-refractivity contribution in [2.24, 2.45) is 0 Å². The van der Waals surface area contributed by atoms with Crippen molar-refractivity contribution in [2.45, 2.75) is 174 Å². The molecule has 2 aromatic heterocycles. The fourth-order valence-electron chi connectivity index (χ4n) is 16.5. The lowest BCUT2D eigenvalue weighted by Gasteiger charge is -2.42. The number of hydrogen-bond donors (Lipinski definition) is 1. The Bertz CT molecular complexity index is 4410. The Morgan fingerprint density at radius 2 is 1.07 bits per heavy atom. The smallest absolute Gasteiger partial charge is 0.225 e. The van der Waals surface area contributed by atoms with Gasteiger partial charge in [0.1, 0.15) is 0 Å². The number of hydrogen-bond acceptors (Lipinski definition) is 2. The fraction of sp³-hybridized carbons (Fsp3) is 0.351. The number of nitrogens with one attached hydrogen (secondary N) is 1. The summed E-state index contributed by atoms with van der Waals surface area (Å²) in [4.78, 5) is 0. The minimum absolute atomic E-state index is 0.0361. The molecule has 0 spiro atoms. The number of aromatic nitrogens is 1. The molecule has 0 saturated carbocycles. The van der Waals surface area contributed by atoms with Crippen LogP contribution >= 0.6 is 11.3 Å². The van der Waals surface area contributed by atoms with Crippen molar-refractivity contribution in [3.63, 3.8) is 0 Å². The van der Waals surface area contributed by atoms with Crippen molar-refractivity contribution in [2.75, 3.05) is 5.32 Å². The van der Waals surface area contributed by atoms with Crippen LogP contribution in [-0.4, -0.2) is 11.3 Å². The highest BCUT2D eigenvalue weighted by molar-refractivity contribution is 7.31. The van der Waals surface area contributed by atoms with Crippen LogP contribution in [0.4, 0.5) is 11.4 Å². The molecule has 5 aliphatic rings. The molecule has 15 rings (SSSR count). The second kappa shape index (κ2) is 16.3. The van der Waals surface area contributed by atoms with Gasteiger partial charge in [-0.1, -0.05) is 190 Å². The molecule has 3 heterocycles. The number of anilines is 2. The van der Waals surface area contributed by atoms with E-state index in [0.29, 0.717) is 0 Å². The number of nitrogens with zero attached hydrogens (tertiary/aromatic N) is 1. The van der Waals surface area contributed by atoms with Gasteiger partial charge in [0.05, 0.1) is 16.7 Å². The molecule has 0 radical (unpaired) electrons. The molecule has 81 heavy (non-hydrogen) atoms. The highest BCUT2D eigenvalue weighted by Crippen LogP contribution is 2.61. The molecule has 1 N–H and O–H groups in total. The van der Waals surface area contributed by atoms with Crippen LogP contribution in [0.1, 0.15) is 180 Å². The largest absolute Gasteiger partial charge is 0.355 e. The van der Waals surface area contributed by atoms with E-state index in [2.05, 4.69) is 254 Å². The second-order valence-corrected chi connectivity index (χ2v) is 31.4. The average molecular weight is 1080 g/mol. The molecule has 406 valence electrons. The lowest BCUT2D eigenvalue weighted by atomic mass is 9.42. The molecule has 0 saturated heterocycles. The van der Waals surface area contributed by atoms with Crippen molar-refractivity contribution < 1.29 is 0 Å². The molecule has 0 bridgehead atoms. The minimum atomic E-state index is -0.301. The summed E-state index contributed by atoms with van der Waals surface area (Å²) in [6, 6.07) is 53.1. The average Bonchev–Trinajstić information content (AvgIpc) is 2.88. The van der Waals surface area contributed by atoms with Gasteiger partial charge in [0.15, 0.2) is 0 Å². The highest BCUT2D eigenvalue weighted by Gasteiger charge is 2.48. The zero-order valence-corrected chi connectivity index (χ0v) is 51.8. The summed E-state index contributed by atoms with van der Waals surface area (Å²) >= 11 is 2.02. The maximum Gasteiger partial charge on any atom is 0.225 e. The van der Waals surface area contributed by atoms with Gasteiger partial charge in [0.25, 0.3) is 0 Å². The van der Waals surface area contributed by atoms with Crippen molar-refractivity contribution in [3.8, 4) is 50.2 Å². The first-order valence-corrected chi connectivity index (χ1v) is 31.2. The molecule has 1 aliphatic heterocycles. The van der Waals surface area contributed by atoms with Crippen LogP contribution in [0.3, 0.4) is 0 Å². The van der Waals surface area contributed by atoms with Gasteiger partial charge in [-0.05, 0) is 202 Å². The summed E-state index contributed by atoms with van der Waals surface area (Å²) in [7, 11) is 0. The van der Waals surface area contributed by atoms with Gasteiger partial charge in [-0.2, -0.15) is 0 Å². The van der Waals surface area contributed by atoms with E-state index >= 15 is 0 Å². The molecule has 8 aromatic carbocycles. The van der Waals surface area contributed by atoms with Crippen molar-refractivity contribution in [1.82, 2.24) is 4.57 Å². The van der Waals surface area contributed by atoms with Crippen LogP contribution in [0, 0.1) is 0 Å². The van der Waals surface area contributed by atoms with Gasteiger partial charge < -0.3 is 9.88 Å². The van der Waals surface area contributed by atoms with Gasteiger partial charge in [-0.15, -0.1) is 11.3 Å². The van der Waals surface area contributed by atoms with E-state index in [1.54, 1.807) is 0 Å². The minimum Gasteiger partial charge on any atom is -0.355 e. The van der Waals surface area contributed by atoms with Crippen LogP contribution in [0.25, 0.3) is 82.1 Å². The summed E-state index contributed by atoms with van der Waals surface area (Å²) < 4.78 is 5.62. The third-order valence-corrected chi connectivity index (χ3v) is 23.0. The van der Waals surface area contributed by atoms with Crippen LogP contribution < -0.4 is 15.6 Å². The standard InChI is InChI=1S/C77H79BN2S/c1-71(2,3)45-27-29-46(30-28-45)79-60-40-49-48-37-56-58(74(8,9)34-32-72(56,4)5)41-55(48)76(12,13)54(49)38-50(60)64-63-47-24-20-21-25-53(47)77(14,15)66(63)65-51-39-57-59(75(10,11)35-33-73(57,6)7)42-61(51)80-68-52-36-44(43-22-18-17-19-23-43)26-31-62(52)81-70(68)78(16)67(64)69(65)80/h17-31,36-42,79H,32-35H2,1-16H3. The van der Waals surface area contributed by atoms with Crippen molar-refractivity contribution >= 4 is 71.6 Å². The SMILES string of the molecule is CB1c2sc3ccc(-c4ccccc4)cc3c2-n2c3cc4c(cc3c3c5c(c(-c6cc7c(cc6Nc6ccc(C(C)(C)C)cc6)-c6cc8c(cc6C7(C)C)C(C)(C)CCC8(C)C)c1c32)-c1ccccc1C5(C)C)C(C)(C)CCC4(C)C. The third kappa shape index (κ3) is 6.98. The molecule has 10 aromatic rings. The van der Waals surface area contributed by atoms with Gasteiger partial charge in [0.2, 0.25) is 6.71 Å². The van der Waals surface area contributed by atoms with E-state index in [-0.39, 0.29) is 44.6 Å². The lowest BCUT2D eigenvalue weighted by Crippen LogP contribution is -2.45. The van der Waals surface area contributed by atoms with E-state index in [0.717, 1.165) is 5.69 Å². The molecule has 0 fully saturated rings. The van der Waals surface area contributed by atoms with Gasteiger partial charge in [-0.3, -0.25) is 0 Å². The van der Waals surface area contributed by atoms with E-state index in [9.17, 15) is 0 Å². The molecule has 4 heteroatoms. The van der Waals surface area contributed by atoms with Gasteiger partial charge in [0, 0.05) is 53.4 Å². The zero-order chi connectivity index (χ0) is 56.6. The van der Waals surface area contributed by atoms with Crippen LogP contribution in [0.5, 0.6) is 0 Å². The lowest BCUT2D eigenvalue weighted by molar-refractivity contribution is 0.331. The summed E-state index contributed by atoms with van der Waals surface area (Å²) in [5, 5.41) is 8.44. The Hall–Kier alpha value is -6.62. The van der Waals surface area contributed by atoms with Crippen LogP contribution in [0.15, 0.2) is 133 Å². The monoisotopic (exact) mass is 1070 g/mol. The molecular weight excluding hydrogens is 996 g/mol. The molecule has 4 aliphatic carbocycles. The van der Waals surface area contributed by atoms with Gasteiger partial charge >= 0.3 is 0 Å². The maximum absolute atomic E-state index is 4.25. The first-order chi connectivity index (χ1) is 38.2. The molecule has 2 nitrogen and oxygen atoms in total. The Kier molecular flexibility index (Phi) is 10.3. The van der Waals surface area contributed by atoms with Crippen molar-refractivity contribution in [3.05, 3.63) is 184 Å². The quantitative estimate of drug-likeness (QED) is 0.174. The Balaban J connectivity index is 1.12. The highest BCUT2D eigenvalue weighted by atomic mass is 32.1. The van der Waals surface area contributed by atoms with E-state index in [4.69, 9.17) is 0 Å². The van der Waals surface area contributed by atoms with E-state index < -0.39 is 0 Å². The third-order valence-electron chi connectivity index (χ3n) is 21.6. The molecule has 0 unspecified atom stereocenters. The topological polar surface area (TPSA) is 17.0 Å². The fourth-order valence-corrected chi connectivity index (χ4v) is 17.7. The van der Waals surface area contributed by atoms with Crippen LogP contribution in [0.2, 0.25) is 6.82 Å². The Labute approximate surface area is 486 Å². The summed E-state index contributed by atoms with van der Waals surface area (Å²) in [5.41, 5.74) is 31.5. The Morgan fingerprint density at radius 1 is 0.494 bits per heavy atom. The maximum atomic E-state index is 4.25. The Morgan fingerprint density at radius 3 is 1.74 bits per heavy atom. The summed E-state index contributed by atoms with van der Waals surface area (Å²) in [5.74, 6) is 0. The predicted molar refractivity (Wildman–Crippen MR) is 352 cm³/mol. The zero-order valence-electron chi connectivity index (χ0n) is 51.0. The molecular formula is C77H79BN2S. The van der Waals surface area contributed by atoms with E-state index in [1.807, 2.05) is 11.3 Å². The first kappa shape index (κ1) is 51.3. The first-order valence-electron chi connectivity index (χ1n) is 30.4. The molecule has 0 amide bonds. The predicted octanol–water partition coefficient (Wildman–Crippen LogP) is 20.2. The van der Waals surface area contributed by atoms with E-state index in [1.165, 1.54) is 174 Å². The normalized spacial score (nSPS) is 18.7. The number of benzene rings is 8. The number of fused-ring (bicyclic) bond motifs is 16. The van der Waals surface area contributed by atoms with Gasteiger partial charge in [-0.25, -0.2) is 0 Å².